The molecule has 0 saturated heterocycles. The molecule has 2 bridgehead atoms. The Labute approximate surface area is 222 Å². The molecular formula is C29H36N3O6+. The number of phenols is 1. The van der Waals surface area contributed by atoms with Crippen LogP contribution in [0.4, 0.5) is 5.69 Å². The minimum absolute atomic E-state index is 0.0719. The Morgan fingerprint density at radius 1 is 1.21 bits per heavy atom. The summed E-state index contributed by atoms with van der Waals surface area (Å²) in [5.41, 5.74) is 3.94. The fourth-order valence-corrected chi connectivity index (χ4v) is 5.20. The van der Waals surface area contributed by atoms with E-state index in [2.05, 4.69) is 21.4 Å². The van der Waals surface area contributed by atoms with Crippen LogP contribution in [-0.2, 0) is 25.5 Å². The Hall–Kier alpha value is -3.72. The topological polar surface area (TPSA) is 128 Å². The molecule has 202 valence electrons. The molecule has 0 aliphatic carbocycles. The summed E-state index contributed by atoms with van der Waals surface area (Å²) in [4.78, 5) is 38.0. The molecule has 2 aromatic carbocycles. The SMILES string of the molecule is Cc1cc(CCC[C@H](CC(=O)O)C(=O)N[C@H]2CC3C=[N+](CCOCCNC2=O)c2ccccc23)ccc1O. The zero-order valence-corrected chi connectivity index (χ0v) is 21.7. The van der Waals surface area contributed by atoms with Gasteiger partial charge in [-0.25, -0.2) is 0 Å². The summed E-state index contributed by atoms with van der Waals surface area (Å²) in [5.74, 6) is -2.40. The lowest BCUT2D eigenvalue weighted by Crippen LogP contribution is -2.50. The van der Waals surface area contributed by atoms with E-state index in [0.29, 0.717) is 52.0 Å². The fraction of sp³-hybridized carbons (Fsp3) is 0.448. The Morgan fingerprint density at radius 3 is 2.82 bits per heavy atom. The van der Waals surface area contributed by atoms with E-state index in [0.717, 1.165) is 22.4 Å². The van der Waals surface area contributed by atoms with Crippen LogP contribution in [0.15, 0.2) is 42.5 Å². The van der Waals surface area contributed by atoms with Crippen LogP contribution >= 0.6 is 0 Å². The number of phenolic OH excluding ortho intramolecular Hbond substituents is 1. The number of aliphatic carboxylic acids is 1. The number of carbonyl (C=O) groups excluding carboxylic acids is 2. The number of rotatable bonds is 8. The molecule has 1 unspecified atom stereocenters. The molecule has 9 nitrogen and oxygen atoms in total. The third-order valence-corrected chi connectivity index (χ3v) is 7.22. The van der Waals surface area contributed by atoms with Crippen molar-refractivity contribution in [1.82, 2.24) is 10.6 Å². The Kier molecular flexibility index (Phi) is 9.12. The number of nitrogens with one attached hydrogen (secondary N) is 2. The fourth-order valence-electron chi connectivity index (χ4n) is 5.20. The van der Waals surface area contributed by atoms with Crippen LogP contribution in [0.3, 0.4) is 0 Å². The molecule has 4 rings (SSSR count). The number of hydrogen-bond acceptors (Lipinski definition) is 5. The van der Waals surface area contributed by atoms with Crippen LogP contribution in [-0.4, -0.2) is 71.1 Å². The largest absolute Gasteiger partial charge is 0.508 e. The molecule has 2 aliphatic heterocycles. The van der Waals surface area contributed by atoms with Gasteiger partial charge in [0.15, 0.2) is 12.8 Å². The second-order valence-electron chi connectivity index (χ2n) is 10.0. The molecule has 0 saturated carbocycles. The number of ether oxygens (including phenoxy) is 1. The molecule has 2 aromatic rings. The van der Waals surface area contributed by atoms with E-state index in [4.69, 9.17) is 4.74 Å². The maximum Gasteiger partial charge on any atom is 0.304 e. The van der Waals surface area contributed by atoms with Crippen LogP contribution in [0.2, 0.25) is 0 Å². The third-order valence-electron chi connectivity index (χ3n) is 7.22. The first-order valence-electron chi connectivity index (χ1n) is 13.2. The number of nitrogens with zero attached hydrogens (tertiary/aromatic N) is 1. The maximum absolute atomic E-state index is 13.3. The summed E-state index contributed by atoms with van der Waals surface area (Å²) in [5, 5.41) is 24.9. The van der Waals surface area contributed by atoms with Crippen molar-refractivity contribution in [2.24, 2.45) is 5.92 Å². The molecule has 3 atom stereocenters. The van der Waals surface area contributed by atoms with Crippen molar-refractivity contribution in [1.29, 1.82) is 0 Å². The molecule has 9 heteroatoms. The van der Waals surface area contributed by atoms with Gasteiger partial charge in [0.1, 0.15) is 18.4 Å². The molecule has 0 fully saturated rings. The number of para-hydroxylation sites is 1. The van der Waals surface area contributed by atoms with E-state index in [1.54, 1.807) is 6.07 Å². The highest BCUT2D eigenvalue weighted by Crippen LogP contribution is 2.34. The minimum atomic E-state index is -1.06. The van der Waals surface area contributed by atoms with E-state index in [9.17, 15) is 24.6 Å². The van der Waals surface area contributed by atoms with Gasteiger partial charge in [-0.1, -0.05) is 30.3 Å². The highest BCUT2D eigenvalue weighted by molar-refractivity contribution is 5.90. The van der Waals surface area contributed by atoms with Crippen LogP contribution in [0.25, 0.3) is 0 Å². The second-order valence-corrected chi connectivity index (χ2v) is 10.0. The smallest absolute Gasteiger partial charge is 0.304 e. The number of carboxylic acids is 1. The molecule has 2 amide bonds. The van der Waals surface area contributed by atoms with Crippen molar-refractivity contribution in [2.45, 2.75) is 51.0 Å². The number of hydrogen-bond donors (Lipinski definition) is 4. The first kappa shape index (κ1) is 27.3. The standard InChI is InChI=1S/C29H35N3O6/c1-19-15-20(9-10-26(19)33)5-4-6-21(17-27(34)35)28(36)31-24-16-22-18-32(25-8-3-2-7-23(22)25)12-14-38-13-11-30-29(24)37/h2-3,7-10,15,18,21-22,24H,4-6,11-14,16-17H2,1H3,(H3-,30,31,33,34,35,36,37)/p+1/t21-,22?,24+/m1/s1. The monoisotopic (exact) mass is 522 g/mol. The molecule has 2 aliphatic rings. The molecule has 2 heterocycles. The first-order valence-corrected chi connectivity index (χ1v) is 13.2. The van der Waals surface area contributed by atoms with E-state index >= 15 is 0 Å². The van der Waals surface area contributed by atoms with Gasteiger partial charge in [0.05, 0.1) is 18.9 Å². The van der Waals surface area contributed by atoms with E-state index in [1.807, 2.05) is 43.3 Å². The summed E-state index contributed by atoms with van der Waals surface area (Å²) in [6.45, 7) is 3.74. The molecule has 4 N–H and O–H groups in total. The molecule has 0 aromatic heterocycles. The van der Waals surface area contributed by atoms with Crippen molar-refractivity contribution in [3.8, 4) is 5.75 Å². The lowest BCUT2D eigenvalue weighted by molar-refractivity contribution is -0.437. The van der Waals surface area contributed by atoms with Crippen LogP contribution in [0.1, 0.15) is 48.3 Å². The lowest BCUT2D eigenvalue weighted by atomic mass is 9.92. The number of benzene rings is 2. The van der Waals surface area contributed by atoms with E-state index in [1.165, 1.54) is 0 Å². The van der Waals surface area contributed by atoms with Crippen molar-refractivity contribution < 1.29 is 33.9 Å². The van der Waals surface area contributed by atoms with Gasteiger partial charge in [0, 0.05) is 24.1 Å². The average Bonchev–Trinajstić information content (AvgIpc) is 3.23. The van der Waals surface area contributed by atoms with Gasteiger partial charge in [-0.2, -0.15) is 4.58 Å². The zero-order chi connectivity index (χ0) is 27.1. The minimum Gasteiger partial charge on any atom is -0.508 e. The molecule has 38 heavy (non-hydrogen) atoms. The average molecular weight is 523 g/mol. The predicted octanol–water partition coefficient (Wildman–Crippen LogP) is 2.65. The summed E-state index contributed by atoms with van der Waals surface area (Å²) < 4.78 is 7.81. The van der Waals surface area contributed by atoms with Gasteiger partial charge < -0.3 is 25.6 Å². The van der Waals surface area contributed by atoms with Gasteiger partial charge in [-0.05, 0) is 49.8 Å². The Morgan fingerprint density at radius 2 is 2.03 bits per heavy atom. The number of aromatic hydroxyl groups is 1. The summed E-state index contributed by atoms with van der Waals surface area (Å²) >= 11 is 0. The third kappa shape index (κ3) is 6.98. The van der Waals surface area contributed by atoms with E-state index in [-0.39, 0.29) is 24.0 Å². The Bertz CT molecular complexity index is 1210. The summed E-state index contributed by atoms with van der Waals surface area (Å²) in [6.07, 6.45) is 3.76. The van der Waals surface area contributed by atoms with Crippen LogP contribution in [0.5, 0.6) is 5.75 Å². The molecule has 0 radical (unpaired) electrons. The predicted molar refractivity (Wildman–Crippen MR) is 142 cm³/mol. The van der Waals surface area contributed by atoms with Crippen molar-refractivity contribution >= 4 is 29.7 Å². The zero-order valence-electron chi connectivity index (χ0n) is 21.7. The number of aryl methyl sites for hydroxylation is 2. The van der Waals surface area contributed by atoms with E-state index < -0.39 is 23.8 Å². The van der Waals surface area contributed by atoms with Gasteiger partial charge in [-0.3, -0.25) is 14.4 Å². The van der Waals surface area contributed by atoms with Gasteiger partial charge in [0.2, 0.25) is 17.5 Å². The Balaban J connectivity index is 1.47. The van der Waals surface area contributed by atoms with Crippen molar-refractivity contribution in [3.63, 3.8) is 0 Å². The lowest BCUT2D eigenvalue weighted by Gasteiger charge is -2.23. The first-order chi connectivity index (χ1) is 18.3. The van der Waals surface area contributed by atoms with Crippen molar-refractivity contribution in [2.75, 3.05) is 26.3 Å². The maximum atomic E-state index is 13.3. The summed E-state index contributed by atoms with van der Waals surface area (Å²) in [7, 11) is 0. The number of carboxylic acid groups (broad SMARTS) is 1. The molecular weight excluding hydrogens is 486 g/mol. The highest BCUT2D eigenvalue weighted by Gasteiger charge is 2.35. The van der Waals surface area contributed by atoms with Gasteiger partial charge in [0.25, 0.3) is 0 Å². The summed E-state index contributed by atoms with van der Waals surface area (Å²) in [6, 6.07) is 12.6. The quantitative estimate of drug-likeness (QED) is 0.395. The van der Waals surface area contributed by atoms with Gasteiger partial charge >= 0.3 is 5.97 Å². The van der Waals surface area contributed by atoms with Gasteiger partial charge in [-0.15, -0.1) is 0 Å². The second kappa shape index (κ2) is 12.7. The molecule has 0 spiro atoms. The highest BCUT2D eigenvalue weighted by atomic mass is 16.5. The normalized spacial score (nSPS) is 20.2. The number of amides is 2. The number of carbonyl (C=O) groups is 3. The van der Waals surface area contributed by atoms with Crippen molar-refractivity contribution in [3.05, 3.63) is 59.2 Å². The number of fused-ring (bicyclic) bond motifs is 4. The van der Waals surface area contributed by atoms with Crippen LogP contribution < -0.4 is 10.6 Å². The van der Waals surface area contributed by atoms with Crippen LogP contribution in [0, 0.1) is 12.8 Å².